The zero-order valence-corrected chi connectivity index (χ0v) is 28.4. The van der Waals surface area contributed by atoms with E-state index in [9.17, 15) is 9.59 Å². The Balaban J connectivity index is 3.84. The zero-order chi connectivity index (χ0) is 31.4. The smallest absolute Gasteiger partial charge is 0.306 e. The lowest BCUT2D eigenvalue weighted by Gasteiger charge is -2.31. The van der Waals surface area contributed by atoms with Crippen molar-refractivity contribution in [3.63, 3.8) is 0 Å². The van der Waals surface area contributed by atoms with E-state index in [2.05, 4.69) is 13.8 Å². The van der Waals surface area contributed by atoms with Gasteiger partial charge >= 0.3 is 11.9 Å². The van der Waals surface area contributed by atoms with Crippen LogP contribution in [0.1, 0.15) is 216 Å². The lowest BCUT2D eigenvalue weighted by atomic mass is 10.0. The maximum absolute atomic E-state index is 12.5. The molecule has 0 amide bonds. The van der Waals surface area contributed by atoms with Crippen LogP contribution in [0.3, 0.4) is 0 Å². The van der Waals surface area contributed by atoms with Crippen molar-refractivity contribution >= 4 is 11.9 Å². The third-order valence-electron chi connectivity index (χ3n) is 8.45. The highest BCUT2D eigenvalue weighted by molar-refractivity contribution is 5.71. The summed E-state index contributed by atoms with van der Waals surface area (Å²) in [6.07, 6.45) is 31.8. The van der Waals surface area contributed by atoms with Gasteiger partial charge in [0.2, 0.25) is 0 Å². The predicted molar refractivity (Wildman–Crippen MR) is 176 cm³/mol. The van der Waals surface area contributed by atoms with Crippen LogP contribution in [0.15, 0.2) is 0 Å². The average Bonchev–Trinajstić information content (AvgIpc) is 2.93. The molecule has 0 N–H and O–H groups in total. The minimum absolute atomic E-state index is 0.311. The lowest BCUT2D eigenvalue weighted by Crippen LogP contribution is -2.41. The van der Waals surface area contributed by atoms with Gasteiger partial charge in [-0.2, -0.15) is 0 Å². The van der Waals surface area contributed by atoms with Crippen LogP contribution in [-0.2, 0) is 19.1 Å². The fourth-order valence-corrected chi connectivity index (χ4v) is 5.33. The van der Waals surface area contributed by atoms with Gasteiger partial charge in [0, 0.05) is 12.8 Å². The van der Waals surface area contributed by atoms with Gasteiger partial charge in [-0.25, -0.2) is 0 Å². The van der Waals surface area contributed by atoms with Gasteiger partial charge in [0.05, 0.1) is 1.37 Å². The Hall–Kier alpha value is -1.06. The number of unbranched alkanes of at least 4 members (excludes halogenated alkanes) is 24. The molecule has 0 aliphatic carbocycles. The molecular weight excluding hydrogens is 508 g/mol. The van der Waals surface area contributed by atoms with E-state index in [1.54, 1.807) is 13.8 Å². The van der Waals surface area contributed by atoms with Crippen LogP contribution in [0.2, 0.25) is 0 Å². The van der Waals surface area contributed by atoms with Crippen LogP contribution in [-0.4, -0.2) is 23.6 Å². The van der Waals surface area contributed by atoms with Gasteiger partial charge in [0.25, 0.3) is 0 Å². The highest BCUT2D eigenvalue weighted by Crippen LogP contribution is 2.21. The molecule has 0 radical (unpaired) electrons. The van der Waals surface area contributed by atoms with Crippen molar-refractivity contribution in [3.8, 4) is 0 Å². The molecule has 0 saturated heterocycles. The zero-order valence-electron chi connectivity index (χ0n) is 29.4. The molecule has 0 aromatic carbocycles. The highest BCUT2D eigenvalue weighted by Gasteiger charge is 2.32. The third-order valence-corrected chi connectivity index (χ3v) is 8.45. The molecule has 0 aliphatic heterocycles. The largest absolute Gasteiger partial charge is 0.458 e. The second kappa shape index (κ2) is 29.0. The maximum Gasteiger partial charge on any atom is 0.306 e. The molecule has 4 heteroatoms. The minimum atomic E-state index is -1.62. The first kappa shape index (κ1) is 38.0. The quantitative estimate of drug-likeness (QED) is 0.0603. The molecule has 0 aliphatic rings. The summed E-state index contributed by atoms with van der Waals surface area (Å²) in [5, 5.41) is 0. The highest BCUT2D eigenvalue weighted by atomic mass is 16.6. The lowest BCUT2D eigenvalue weighted by molar-refractivity contribution is -0.179. The molecule has 0 rings (SSSR count). The normalized spacial score (nSPS) is 13.5. The van der Waals surface area contributed by atoms with Crippen LogP contribution in [0, 0.1) is 0 Å². The van der Waals surface area contributed by atoms with Crippen LogP contribution in [0.5, 0.6) is 0 Å². The number of carbonyl (C=O) groups is 2. The van der Waals surface area contributed by atoms with Crippen LogP contribution in [0.25, 0.3) is 0 Å². The predicted octanol–water partition coefficient (Wildman–Crippen LogP) is 12.2. The molecule has 0 aromatic heterocycles. The first-order valence-corrected chi connectivity index (χ1v) is 18.1. The van der Waals surface area contributed by atoms with E-state index < -0.39 is 11.7 Å². The Morgan fingerprint density at radius 3 is 1.10 bits per heavy atom. The summed E-state index contributed by atoms with van der Waals surface area (Å²) >= 11 is 0. The Bertz CT molecular complexity index is 577. The first-order chi connectivity index (χ1) is 20.2. The van der Waals surface area contributed by atoms with E-state index in [1.165, 1.54) is 135 Å². The fraction of sp³-hybridized carbons (Fsp3) is 0.946. The monoisotopic (exact) mass is 582 g/mol. The second-order valence-corrected chi connectivity index (χ2v) is 13.0. The molecule has 0 spiro atoms. The van der Waals surface area contributed by atoms with Gasteiger partial charge in [-0.1, -0.05) is 168 Å². The molecular formula is C37H72O4. The van der Waals surface area contributed by atoms with E-state index in [1.807, 2.05) is 0 Å². The van der Waals surface area contributed by atoms with Crippen molar-refractivity contribution in [2.75, 3.05) is 0 Å². The fourth-order valence-electron chi connectivity index (χ4n) is 5.33. The molecule has 0 aromatic rings. The molecule has 4 nitrogen and oxygen atoms in total. The van der Waals surface area contributed by atoms with Crippen LogP contribution in [0.4, 0.5) is 0 Å². The van der Waals surface area contributed by atoms with E-state index in [0.29, 0.717) is 12.8 Å². The molecule has 0 heterocycles. The number of ether oxygens (including phenoxy) is 2. The second-order valence-electron chi connectivity index (χ2n) is 13.0. The Morgan fingerprint density at radius 1 is 0.512 bits per heavy atom. The summed E-state index contributed by atoms with van der Waals surface area (Å²) in [7, 11) is 0. The Kier molecular flexibility index (Phi) is 26.9. The number of carbonyl (C=O) groups excluding carboxylic acids is 2. The van der Waals surface area contributed by atoms with Gasteiger partial charge < -0.3 is 9.47 Å². The van der Waals surface area contributed by atoms with Crippen LogP contribution >= 0.6 is 0 Å². The molecule has 1 atom stereocenters. The summed E-state index contributed by atoms with van der Waals surface area (Å²) in [4.78, 5) is 24.9. The molecule has 0 bridgehead atoms. The Morgan fingerprint density at radius 2 is 0.780 bits per heavy atom. The summed E-state index contributed by atoms with van der Waals surface area (Å²) in [5.74, 6) is -0.690. The van der Waals surface area contributed by atoms with Crippen molar-refractivity contribution in [1.29, 1.82) is 0 Å². The molecule has 0 saturated carbocycles. The average molecular weight is 582 g/mol. The van der Waals surface area contributed by atoms with Crippen molar-refractivity contribution in [2.45, 2.75) is 226 Å². The van der Waals surface area contributed by atoms with Crippen molar-refractivity contribution in [1.82, 2.24) is 0 Å². The summed E-state index contributed by atoms with van der Waals surface area (Å²) < 4.78 is 19.7. The van der Waals surface area contributed by atoms with Crippen LogP contribution < -0.4 is 0 Å². The topological polar surface area (TPSA) is 52.6 Å². The van der Waals surface area contributed by atoms with Crippen molar-refractivity contribution in [3.05, 3.63) is 0 Å². The number of hydrogen-bond acceptors (Lipinski definition) is 4. The number of hydrogen-bond donors (Lipinski definition) is 0. The Labute approximate surface area is 258 Å². The number of rotatable bonds is 31. The van der Waals surface area contributed by atoms with Crippen molar-refractivity contribution < 1.29 is 20.4 Å². The van der Waals surface area contributed by atoms with E-state index in [-0.39, 0.29) is 11.9 Å². The molecule has 244 valence electrons. The van der Waals surface area contributed by atoms with Crippen molar-refractivity contribution in [2.24, 2.45) is 0 Å². The van der Waals surface area contributed by atoms with E-state index in [4.69, 9.17) is 10.8 Å². The van der Waals surface area contributed by atoms with E-state index >= 15 is 0 Å². The third kappa shape index (κ3) is 27.5. The molecule has 41 heavy (non-hydrogen) atoms. The summed E-state index contributed by atoms with van der Waals surface area (Å²) in [6.45, 7) is 9.38. The number of esters is 2. The van der Waals surface area contributed by atoms with Gasteiger partial charge in [-0.15, -0.1) is 0 Å². The van der Waals surface area contributed by atoms with Gasteiger partial charge in [0.1, 0.15) is 11.7 Å². The van der Waals surface area contributed by atoms with E-state index in [0.717, 1.165) is 38.5 Å². The SMILES string of the molecule is [2H]C(C)(OC(=O)CCCCCCCCCCCCCCC)C(C)(C)OC(=O)CCCCCCCCCCCCCCC. The first-order valence-electron chi connectivity index (χ1n) is 18.6. The molecule has 1 unspecified atom stereocenters. The molecule has 0 fully saturated rings. The minimum Gasteiger partial charge on any atom is -0.458 e. The van der Waals surface area contributed by atoms with Gasteiger partial charge in [-0.3, -0.25) is 9.59 Å². The van der Waals surface area contributed by atoms with Gasteiger partial charge in [-0.05, 0) is 33.6 Å². The summed E-state index contributed by atoms with van der Waals surface area (Å²) in [6, 6.07) is 0. The maximum atomic E-state index is 12.5. The standard InChI is InChI=1S/C37H72O4/c1-6-8-10-12-14-16-18-20-22-24-26-28-30-32-35(38)40-34(3)37(4,5)41-36(39)33-31-29-27-25-23-21-19-17-15-13-11-9-7-2/h34H,6-33H2,1-5H3/i34D. The summed E-state index contributed by atoms with van der Waals surface area (Å²) in [5.41, 5.74) is -1.20. The van der Waals surface area contributed by atoms with Gasteiger partial charge in [0.15, 0.2) is 0 Å².